The molecule has 0 bridgehead atoms. The molecule has 0 unspecified atom stereocenters. The van der Waals surface area contributed by atoms with Gasteiger partial charge in [0, 0.05) is 10.2 Å². The van der Waals surface area contributed by atoms with Crippen molar-refractivity contribution >= 4 is 33.7 Å². The zero-order valence-corrected chi connectivity index (χ0v) is 15.1. The Hall–Kier alpha value is -2.34. The molecule has 6 heteroatoms. The molecule has 24 heavy (non-hydrogen) atoms. The first-order chi connectivity index (χ1) is 11.6. The average Bonchev–Trinajstić information content (AvgIpc) is 2.58. The Morgan fingerprint density at radius 3 is 2.50 bits per heavy atom. The number of nitrogens with one attached hydrogen (secondary N) is 1. The van der Waals surface area contributed by atoms with Gasteiger partial charge in [0.2, 0.25) is 6.10 Å². The smallest absolute Gasteiger partial charge is 0.267 e. The zero-order chi connectivity index (χ0) is 17.4. The van der Waals surface area contributed by atoms with E-state index in [1.54, 1.807) is 25.3 Å². The highest BCUT2D eigenvalue weighted by Gasteiger charge is 2.13. The highest BCUT2D eigenvalue weighted by Crippen LogP contribution is 2.14. The molecule has 0 aliphatic carbocycles. The molecule has 0 aliphatic heterocycles. The third kappa shape index (κ3) is 5.70. The first-order valence-corrected chi connectivity index (χ1v) is 8.36. The Balaban J connectivity index is 1.83. The van der Waals surface area contributed by atoms with Gasteiger partial charge in [0.25, 0.3) is 5.91 Å². The summed E-state index contributed by atoms with van der Waals surface area (Å²) in [6, 6.07) is 14.8. The van der Waals surface area contributed by atoms with E-state index in [-0.39, 0.29) is 5.91 Å². The van der Waals surface area contributed by atoms with Crippen molar-refractivity contribution in [3.8, 4) is 5.75 Å². The first-order valence-electron chi connectivity index (χ1n) is 7.57. The minimum atomic E-state index is -0.701. The third-order valence-electron chi connectivity index (χ3n) is 3.09. The molecule has 0 aromatic heterocycles. The fourth-order valence-electron chi connectivity index (χ4n) is 1.82. The molecule has 1 amide bonds. The van der Waals surface area contributed by atoms with Crippen LogP contribution < -0.4 is 10.1 Å². The number of benzene rings is 2. The van der Waals surface area contributed by atoms with Crippen LogP contribution in [0.1, 0.15) is 19.4 Å². The Labute approximate surface area is 149 Å². The summed E-state index contributed by atoms with van der Waals surface area (Å²) in [5.74, 6) is 0.541. The van der Waals surface area contributed by atoms with Gasteiger partial charge >= 0.3 is 0 Å². The van der Waals surface area contributed by atoms with Crippen molar-refractivity contribution in [3.05, 3.63) is 58.6 Å². The van der Waals surface area contributed by atoms with Crippen LogP contribution in [0.2, 0.25) is 0 Å². The number of halogens is 1. The lowest BCUT2D eigenvalue weighted by molar-refractivity contribution is -0.126. The number of carbonyl (C=O) groups is 1. The minimum Gasteiger partial charge on any atom is -0.494 e. The van der Waals surface area contributed by atoms with Gasteiger partial charge in [-0.05, 0) is 67.9 Å². The maximum Gasteiger partial charge on any atom is 0.267 e. The largest absolute Gasteiger partial charge is 0.494 e. The number of amides is 1. The summed E-state index contributed by atoms with van der Waals surface area (Å²) >= 11 is 3.35. The number of rotatable bonds is 7. The van der Waals surface area contributed by atoms with Crippen LogP contribution >= 0.6 is 15.9 Å². The van der Waals surface area contributed by atoms with Crippen LogP contribution in [0.3, 0.4) is 0 Å². The number of hydrogen-bond donors (Lipinski definition) is 1. The number of anilines is 1. The number of carbonyl (C=O) groups excluding carboxylic acids is 1. The summed E-state index contributed by atoms with van der Waals surface area (Å²) in [5.41, 5.74) is 1.56. The van der Waals surface area contributed by atoms with Gasteiger partial charge in [-0.3, -0.25) is 4.79 Å². The van der Waals surface area contributed by atoms with Gasteiger partial charge in [-0.1, -0.05) is 21.1 Å². The lowest BCUT2D eigenvalue weighted by Crippen LogP contribution is -2.26. The van der Waals surface area contributed by atoms with Crippen molar-refractivity contribution in [2.45, 2.75) is 20.0 Å². The Morgan fingerprint density at radius 2 is 1.88 bits per heavy atom. The number of nitrogens with zero attached hydrogens (tertiary/aromatic N) is 1. The van der Waals surface area contributed by atoms with Gasteiger partial charge in [-0.2, -0.15) is 0 Å². The molecule has 0 spiro atoms. The molecule has 2 aromatic carbocycles. The Kier molecular flexibility index (Phi) is 6.81. The number of ether oxygens (including phenoxy) is 1. The van der Waals surface area contributed by atoms with E-state index in [9.17, 15) is 4.79 Å². The monoisotopic (exact) mass is 390 g/mol. The maximum atomic E-state index is 12.0. The zero-order valence-electron chi connectivity index (χ0n) is 13.5. The second-order valence-electron chi connectivity index (χ2n) is 4.98. The van der Waals surface area contributed by atoms with E-state index in [1.807, 2.05) is 43.3 Å². The Morgan fingerprint density at radius 1 is 1.21 bits per heavy atom. The molecule has 1 atom stereocenters. The van der Waals surface area contributed by atoms with Crippen LogP contribution in [-0.2, 0) is 9.63 Å². The summed E-state index contributed by atoms with van der Waals surface area (Å²) in [6.07, 6.45) is 0.853. The normalized spacial score (nSPS) is 12.0. The van der Waals surface area contributed by atoms with Crippen molar-refractivity contribution in [1.29, 1.82) is 0 Å². The van der Waals surface area contributed by atoms with Crippen molar-refractivity contribution in [1.82, 2.24) is 0 Å². The van der Waals surface area contributed by atoms with Crippen LogP contribution in [0, 0.1) is 0 Å². The molecule has 0 fully saturated rings. The fourth-order valence-corrected chi connectivity index (χ4v) is 2.09. The molecular formula is C18H19BrN2O3. The van der Waals surface area contributed by atoms with E-state index in [0.29, 0.717) is 12.3 Å². The molecule has 0 heterocycles. The Bertz CT molecular complexity index is 684. The number of oxime groups is 1. The second-order valence-corrected chi connectivity index (χ2v) is 5.90. The van der Waals surface area contributed by atoms with Gasteiger partial charge in [0.05, 0.1) is 12.8 Å². The van der Waals surface area contributed by atoms with Gasteiger partial charge < -0.3 is 14.9 Å². The summed E-state index contributed by atoms with van der Waals surface area (Å²) < 4.78 is 6.32. The molecule has 0 aliphatic rings. The quantitative estimate of drug-likeness (QED) is 0.568. The lowest BCUT2D eigenvalue weighted by atomic mass is 10.2. The van der Waals surface area contributed by atoms with Crippen LogP contribution in [0.25, 0.3) is 0 Å². The molecule has 0 saturated carbocycles. The SMILES string of the molecule is CCOc1ccc(/C=N\O[C@H](C)C(=O)Nc2ccc(Br)cc2)cc1. The highest BCUT2D eigenvalue weighted by atomic mass is 79.9. The summed E-state index contributed by atoms with van der Waals surface area (Å²) in [6.45, 7) is 4.20. The topological polar surface area (TPSA) is 59.9 Å². The number of hydrogen-bond acceptors (Lipinski definition) is 4. The standard InChI is InChI=1S/C18H19BrN2O3/c1-3-23-17-10-4-14(5-11-17)12-20-24-13(2)18(22)21-16-8-6-15(19)7-9-16/h4-13H,3H2,1-2H3,(H,21,22)/b20-12-/t13-/m1/s1. The first kappa shape index (κ1) is 18.0. The molecule has 2 aromatic rings. The predicted octanol–water partition coefficient (Wildman–Crippen LogP) is 4.23. The van der Waals surface area contributed by atoms with Crippen molar-refractivity contribution in [2.24, 2.45) is 5.16 Å². The summed E-state index contributed by atoms with van der Waals surface area (Å²) in [7, 11) is 0. The molecule has 2 rings (SSSR count). The highest BCUT2D eigenvalue weighted by molar-refractivity contribution is 9.10. The predicted molar refractivity (Wildman–Crippen MR) is 98.5 cm³/mol. The van der Waals surface area contributed by atoms with Gasteiger partial charge in [0.1, 0.15) is 5.75 Å². The van der Waals surface area contributed by atoms with Crippen molar-refractivity contribution in [2.75, 3.05) is 11.9 Å². The molecular weight excluding hydrogens is 372 g/mol. The van der Waals surface area contributed by atoms with Gasteiger partial charge in [0.15, 0.2) is 0 Å². The molecule has 0 radical (unpaired) electrons. The summed E-state index contributed by atoms with van der Waals surface area (Å²) in [4.78, 5) is 17.2. The van der Waals surface area contributed by atoms with Crippen LogP contribution in [0.4, 0.5) is 5.69 Å². The third-order valence-corrected chi connectivity index (χ3v) is 3.62. The maximum absolute atomic E-state index is 12.0. The average molecular weight is 391 g/mol. The van der Waals surface area contributed by atoms with Crippen LogP contribution in [0.15, 0.2) is 58.2 Å². The molecule has 5 nitrogen and oxygen atoms in total. The second kappa shape index (κ2) is 9.08. The lowest BCUT2D eigenvalue weighted by Gasteiger charge is -2.10. The van der Waals surface area contributed by atoms with Crippen molar-refractivity contribution < 1.29 is 14.4 Å². The van der Waals surface area contributed by atoms with E-state index >= 15 is 0 Å². The van der Waals surface area contributed by atoms with Gasteiger partial charge in [-0.25, -0.2) is 0 Å². The van der Waals surface area contributed by atoms with Crippen molar-refractivity contribution in [3.63, 3.8) is 0 Å². The van der Waals surface area contributed by atoms with E-state index in [4.69, 9.17) is 9.57 Å². The van der Waals surface area contributed by atoms with E-state index in [0.717, 1.165) is 15.8 Å². The molecule has 0 saturated heterocycles. The van der Waals surface area contributed by atoms with E-state index < -0.39 is 6.10 Å². The molecule has 126 valence electrons. The van der Waals surface area contributed by atoms with E-state index in [2.05, 4.69) is 26.4 Å². The minimum absolute atomic E-state index is 0.263. The fraction of sp³-hybridized carbons (Fsp3) is 0.222. The summed E-state index contributed by atoms with van der Waals surface area (Å²) in [5, 5.41) is 6.62. The van der Waals surface area contributed by atoms with Crippen LogP contribution in [0.5, 0.6) is 5.75 Å². The van der Waals surface area contributed by atoms with Crippen LogP contribution in [-0.4, -0.2) is 24.8 Å². The van der Waals surface area contributed by atoms with E-state index in [1.165, 1.54) is 0 Å². The van der Waals surface area contributed by atoms with Gasteiger partial charge in [-0.15, -0.1) is 0 Å². The molecule has 1 N–H and O–H groups in total.